The summed E-state index contributed by atoms with van der Waals surface area (Å²) in [5.74, 6) is 3.06. The van der Waals surface area contributed by atoms with Crippen LogP contribution in [-0.4, -0.2) is 84.4 Å². The van der Waals surface area contributed by atoms with Gasteiger partial charge in [-0.05, 0) is 47.4 Å². The van der Waals surface area contributed by atoms with E-state index in [-0.39, 0.29) is 18.6 Å². The molecule has 1 aromatic heterocycles. The van der Waals surface area contributed by atoms with Gasteiger partial charge in [-0.2, -0.15) is 13.2 Å². The van der Waals surface area contributed by atoms with Gasteiger partial charge in [0.2, 0.25) is 5.91 Å². The number of nitrogens with one attached hydrogen (secondary N) is 3. The largest absolute Gasteiger partial charge is 0.497 e. The second-order valence-corrected chi connectivity index (χ2v) is 12.7. The molecule has 3 aromatic carbocycles. The number of aliphatic hydroxyl groups is 1. The van der Waals surface area contributed by atoms with Gasteiger partial charge in [-0.3, -0.25) is 23.9 Å². The van der Waals surface area contributed by atoms with Gasteiger partial charge in [-0.15, -0.1) is 0 Å². The van der Waals surface area contributed by atoms with Crippen molar-refractivity contribution in [1.29, 1.82) is 0 Å². The number of nitrogens with zero attached hydrogens (tertiary/aromatic N) is 1. The molecule has 282 valence electrons. The van der Waals surface area contributed by atoms with E-state index in [0.717, 1.165) is 27.5 Å². The Labute approximate surface area is 306 Å². The van der Waals surface area contributed by atoms with Crippen LogP contribution in [0.5, 0.6) is 11.5 Å². The van der Waals surface area contributed by atoms with E-state index in [1.165, 1.54) is 5.32 Å². The number of ether oxygens (including phenoxy) is 4. The van der Waals surface area contributed by atoms with E-state index in [1.807, 2.05) is 78.9 Å². The maximum atomic E-state index is 13.2. The van der Waals surface area contributed by atoms with E-state index < -0.39 is 71.8 Å². The van der Waals surface area contributed by atoms with Crippen molar-refractivity contribution < 1.29 is 46.8 Å². The monoisotopic (exact) mass is 748 g/mol. The van der Waals surface area contributed by atoms with Crippen LogP contribution in [0.3, 0.4) is 0 Å². The third-order valence-electron chi connectivity index (χ3n) is 9.51. The van der Waals surface area contributed by atoms with Gasteiger partial charge in [0.05, 0.1) is 33.9 Å². The minimum atomic E-state index is -5.15. The highest BCUT2D eigenvalue weighted by molar-refractivity contribution is 5.87. The van der Waals surface area contributed by atoms with Gasteiger partial charge in [-0.25, -0.2) is 4.79 Å². The molecular formula is C38H35F3N4O9. The fourth-order valence-corrected chi connectivity index (χ4v) is 6.87. The molecule has 2 saturated heterocycles. The second kappa shape index (κ2) is 15.2. The molecule has 2 aliphatic rings. The lowest BCUT2D eigenvalue weighted by atomic mass is 9.63. The normalized spacial score (nSPS) is 20.4. The van der Waals surface area contributed by atoms with Gasteiger partial charge in [0.15, 0.2) is 6.23 Å². The maximum Gasteiger partial charge on any atom is 0.471 e. The van der Waals surface area contributed by atoms with E-state index in [1.54, 1.807) is 14.2 Å². The molecule has 13 nitrogen and oxygen atoms in total. The Bertz CT molecular complexity index is 2130. The first-order valence-electron chi connectivity index (χ1n) is 16.6. The molecular weight excluding hydrogens is 713 g/mol. The van der Waals surface area contributed by atoms with Crippen molar-refractivity contribution in [3.8, 4) is 23.3 Å². The highest BCUT2D eigenvalue weighted by atomic mass is 19.4. The standard InChI is InChI=1S/C38H35F3N4O9/c1-51-27-14-10-25(11-15-27)37(24-8-4-3-5-9-24,26-12-16-28(52-2)17-13-26)21-36-22-53-30(31(36)47)33(54-36)45-20-23(32(48)44-35(45)50)7-6-18-42-29(46)19-43-34(49)38(39,40)41/h3-5,8-17,20,30-31,33,47H,18-19,21-22H2,1-2H3,(H,42,46)(H,43,49)(H,44,48,50)/t30?,31-,33-,36+/m1/s1. The summed E-state index contributed by atoms with van der Waals surface area (Å²) in [6.07, 6.45) is -7.32. The Morgan fingerprint density at radius 1 is 0.944 bits per heavy atom. The summed E-state index contributed by atoms with van der Waals surface area (Å²) in [7, 11) is 3.14. The first kappa shape index (κ1) is 37.9. The molecule has 54 heavy (non-hydrogen) atoms. The summed E-state index contributed by atoms with van der Waals surface area (Å²) < 4.78 is 61.8. The van der Waals surface area contributed by atoms with Crippen molar-refractivity contribution in [3.63, 3.8) is 0 Å². The number of amides is 2. The number of fused-ring (bicyclic) bond motifs is 2. The number of carbonyl (C=O) groups is 2. The van der Waals surface area contributed by atoms with Crippen LogP contribution in [0, 0.1) is 11.8 Å². The molecule has 2 fully saturated rings. The number of aromatic nitrogens is 2. The number of hydrogen-bond acceptors (Lipinski definition) is 9. The molecule has 4 N–H and O–H groups in total. The van der Waals surface area contributed by atoms with Crippen molar-refractivity contribution in [3.05, 3.63) is 128 Å². The Balaban J connectivity index is 1.32. The molecule has 4 aromatic rings. The summed E-state index contributed by atoms with van der Waals surface area (Å²) in [4.78, 5) is 50.9. The third kappa shape index (κ3) is 7.33. The Kier molecular flexibility index (Phi) is 10.7. The quantitative estimate of drug-likeness (QED) is 0.133. The molecule has 0 aliphatic carbocycles. The molecule has 2 bridgehead atoms. The van der Waals surface area contributed by atoms with E-state index in [0.29, 0.717) is 11.5 Å². The summed E-state index contributed by atoms with van der Waals surface area (Å²) in [5, 5.41) is 15.5. The van der Waals surface area contributed by atoms with Gasteiger partial charge in [0, 0.05) is 11.6 Å². The van der Waals surface area contributed by atoms with E-state index >= 15 is 0 Å². The molecule has 2 aliphatic heterocycles. The fraction of sp³-hybridized carbons (Fsp3) is 0.316. The van der Waals surface area contributed by atoms with Crippen LogP contribution in [0.15, 0.2) is 94.6 Å². The number of halogens is 3. The lowest BCUT2D eigenvalue weighted by Crippen LogP contribution is -2.48. The van der Waals surface area contributed by atoms with Crippen LogP contribution < -0.4 is 31.4 Å². The smallest absolute Gasteiger partial charge is 0.471 e. The van der Waals surface area contributed by atoms with Crippen molar-refractivity contribution >= 4 is 11.8 Å². The van der Waals surface area contributed by atoms with E-state index in [2.05, 4.69) is 22.1 Å². The first-order valence-corrected chi connectivity index (χ1v) is 16.6. The molecule has 1 unspecified atom stereocenters. The number of carbonyl (C=O) groups excluding carboxylic acids is 2. The van der Waals surface area contributed by atoms with Crippen molar-refractivity contribution in [2.75, 3.05) is 33.9 Å². The summed E-state index contributed by atoms with van der Waals surface area (Å²) >= 11 is 0. The van der Waals surface area contributed by atoms with Crippen molar-refractivity contribution in [2.45, 2.75) is 42.0 Å². The Morgan fingerprint density at radius 3 is 2.11 bits per heavy atom. The molecule has 16 heteroatoms. The molecule has 2 amide bonds. The number of H-pyrrole nitrogens is 1. The second-order valence-electron chi connectivity index (χ2n) is 12.7. The SMILES string of the molecule is COc1ccc(C(C[C@@]23COC([C@H](n4cc(C#CCNC(=O)CNC(=O)C(F)(F)F)c(=O)[nH]c4=O)O2)[C@H]3O)(c2ccccc2)c2ccc(OC)cc2)cc1. The molecule has 4 atom stereocenters. The lowest BCUT2D eigenvalue weighted by Gasteiger charge is -2.43. The van der Waals surface area contributed by atoms with Gasteiger partial charge in [0.25, 0.3) is 5.56 Å². The highest BCUT2D eigenvalue weighted by Crippen LogP contribution is 2.54. The molecule has 0 radical (unpaired) electrons. The Hall–Kier alpha value is -5.89. The molecule has 0 spiro atoms. The summed E-state index contributed by atoms with van der Waals surface area (Å²) in [6.45, 7) is -1.37. The number of rotatable bonds is 11. The van der Waals surface area contributed by atoms with Crippen LogP contribution >= 0.6 is 0 Å². The van der Waals surface area contributed by atoms with Gasteiger partial charge in [0.1, 0.15) is 34.9 Å². The van der Waals surface area contributed by atoms with Crippen LogP contribution in [-0.2, 0) is 24.5 Å². The minimum absolute atomic E-state index is 0.0237. The number of aliphatic hydroxyl groups excluding tert-OH is 1. The lowest BCUT2D eigenvalue weighted by molar-refractivity contribution is -0.180. The number of benzene rings is 3. The van der Waals surface area contributed by atoms with Crippen LogP contribution in [0.1, 0.15) is 34.9 Å². The molecule has 0 saturated carbocycles. The highest BCUT2D eigenvalue weighted by Gasteiger charge is 2.64. The van der Waals surface area contributed by atoms with Gasteiger partial charge >= 0.3 is 17.8 Å². The average Bonchev–Trinajstić information content (AvgIpc) is 3.62. The fourth-order valence-electron chi connectivity index (χ4n) is 6.87. The zero-order chi connectivity index (χ0) is 38.7. The van der Waals surface area contributed by atoms with Crippen LogP contribution in [0.2, 0.25) is 0 Å². The van der Waals surface area contributed by atoms with Gasteiger partial charge < -0.3 is 34.7 Å². The minimum Gasteiger partial charge on any atom is -0.497 e. The number of methoxy groups -OCH3 is 2. The predicted octanol–water partition coefficient (Wildman–Crippen LogP) is 2.15. The first-order chi connectivity index (χ1) is 25.8. The number of aromatic amines is 1. The van der Waals surface area contributed by atoms with Crippen LogP contribution in [0.4, 0.5) is 13.2 Å². The van der Waals surface area contributed by atoms with Crippen molar-refractivity contribution in [1.82, 2.24) is 20.2 Å². The maximum absolute atomic E-state index is 13.2. The number of hydrogen-bond donors (Lipinski definition) is 4. The number of alkyl halides is 3. The third-order valence-corrected chi connectivity index (χ3v) is 9.51. The van der Waals surface area contributed by atoms with E-state index in [9.17, 15) is 37.5 Å². The zero-order valence-electron chi connectivity index (χ0n) is 28.9. The van der Waals surface area contributed by atoms with Crippen LogP contribution in [0.25, 0.3) is 0 Å². The zero-order valence-corrected chi connectivity index (χ0v) is 28.9. The molecule has 3 heterocycles. The Morgan fingerprint density at radius 2 is 1.54 bits per heavy atom. The summed E-state index contributed by atoms with van der Waals surface area (Å²) in [6, 6.07) is 24.8. The molecule has 6 rings (SSSR count). The topological polar surface area (TPSA) is 170 Å². The van der Waals surface area contributed by atoms with Crippen molar-refractivity contribution in [2.24, 2.45) is 0 Å². The van der Waals surface area contributed by atoms with Gasteiger partial charge in [-0.1, -0.05) is 66.4 Å². The predicted molar refractivity (Wildman–Crippen MR) is 186 cm³/mol. The van der Waals surface area contributed by atoms with E-state index in [4.69, 9.17) is 18.9 Å². The average molecular weight is 749 g/mol. The summed E-state index contributed by atoms with van der Waals surface area (Å²) in [5.41, 5.74) is -1.67.